The smallest absolute Gasteiger partial charge is 0.407 e. The number of hydrogen-bond acceptors (Lipinski definition) is 5. The maximum atomic E-state index is 11.4. The molecule has 1 rings (SSSR count). The topological polar surface area (TPSA) is 82.8 Å². The van der Waals surface area contributed by atoms with Crippen molar-refractivity contribution in [3.8, 4) is 0 Å². The zero-order valence-electron chi connectivity index (χ0n) is 10.7. The number of nitrogens with two attached hydrogens (primary N) is 1. The van der Waals surface area contributed by atoms with E-state index in [-0.39, 0.29) is 6.54 Å². The van der Waals surface area contributed by atoms with Crippen LogP contribution in [0, 0.1) is 0 Å². The van der Waals surface area contributed by atoms with Crippen LogP contribution in [0.4, 0.5) is 4.79 Å². The lowest BCUT2D eigenvalue weighted by molar-refractivity contribution is -0.152. The molecule has 0 aromatic carbocycles. The summed E-state index contributed by atoms with van der Waals surface area (Å²) < 4.78 is 16.0. The molecular formula is C11H22N2O4. The van der Waals surface area contributed by atoms with E-state index in [2.05, 4.69) is 5.32 Å². The van der Waals surface area contributed by atoms with Crippen LogP contribution in [0.25, 0.3) is 0 Å². The van der Waals surface area contributed by atoms with Crippen molar-refractivity contribution in [3.63, 3.8) is 0 Å². The number of carbonyl (C=O) groups excluding carboxylic acids is 1. The maximum absolute atomic E-state index is 11.4. The van der Waals surface area contributed by atoms with Gasteiger partial charge in [0.2, 0.25) is 0 Å². The number of hydrogen-bond donors (Lipinski definition) is 2. The number of ether oxygens (including phenoxy) is 3. The van der Waals surface area contributed by atoms with Crippen molar-refractivity contribution in [2.24, 2.45) is 5.73 Å². The van der Waals surface area contributed by atoms with Gasteiger partial charge in [-0.3, -0.25) is 0 Å². The Morgan fingerprint density at radius 3 is 2.47 bits per heavy atom. The van der Waals surface area contributed by atoms with E-state index in [4.69, 9.17) is 19.9 Å². The zero-order chi connectivity index (χ0) is 12.9. The molecule has 6 heteroatoms. The summed E-state index contributed by atoms with van der Waals surface area (Å²) in [6.07, 6.45) is 0.0746. The summed E-state index contributed by atoms with van der Waals surface area (Å²) in [6, 6.07) is 0. The molecule has 1 heterocycles. The average Bonchev–Trinajstić information content (AvgIpc) is 2.64. The second-order valence-corrected chi connectivity index (χ2v) is 4.99. The van der Waals surface area contributed by atoms with Gasteiger partial charge in [-0.05, 0) is 20.8 Å². The van der Waals surface area contributed by atoms with Crippen LogP contribution in [-0.2, 0) is 14.2 Å². The third kappa shape index (κ3) is 4.89. The molecular weight excluding hydrogens is 224 g/mol. The van der Waals surface area contributed by atoms with Gasteiger partial charge in [0.25, 0.3) is 0 Å². The zero-order valence-corrected chi connectivity index (χ0v) is 10.7. The second-order valence-electron chi connectivity index (χ2n) is 4.99. The first-order valence-corrected chi connectivity index (χ1v) is 5.82. The van der Waals surface area contributed by atoms with Crippen LogP contribution >= 0.6 is 0 Å². The first-order chi connectivity index (χ1) is 7.87. The molecule has 1 aliphatic heterocycles. The summed E-state index contributed by atoms with van der Waals surface area (Å²) in [4.78, 5) is 11.4. The van der Waals surface area contributed by atoms with E-state index < -0.39 is 17.5 Å². The fourth-order valence-corrected chi connectivity index (χ4v) is 1.53. The monoisotopic (exact) mass is 246 g/mol. The molecule has 0 bridgehead atoms. The molecule has 1 fully saturated rings. The maximum Gasteiger partial charge on any atom is 0.407 e. The minimum absolute atomic E-state index is 0.281. The van der Waals surface area contributed by atoms with Gasteiger partial charge in [-0.25, -0.2) is 4.79 Å². The van der Waals surface area contributed by atoms with Gasteiger partial charge in [0.1, 0.15) is 5.60 Å². The summed E-state index contributed by atoms with van der Waals surface area (Å²) in [5, 5.41) is 2.65. The second kappa shape index (κ2) is 5.66. The van der Waals surface area contributed by atoms with Gasteiger partial charge in [-0.15, -0.1) is 0 Å². The van der Waals surface area contributed by atoms with Crippen molar-refractivity contribution in [1.29, 1.82) is 0 Å². The first-order valence-electron chi connectivity index (χ1n) is 5.82. The Bertz CT molecular complexity index is 257. The fourth-order valence-electron chi connectivity index (χ4n) is 1.53. The minimum Gasteiger partial charge on any atom is -0.444 e. The molecule has 6 nitrogen and oxygen atoms in total. The third-order valence-corrected chi connectivity index (χ3v) is 2.30. The minimum atomic E-state index is -0.741. The van der Waals surface area contributed by atoms with Gasteiger partial charge in [-0.1, -0.05) is 0 Å². The summed E-state index contributed by atoms with van der Waals surface area (Å²) in [5.41, 5.74) is 5.10. The van der Waals surface area contributed by atoms with Gasteiger partial charge in [0.05, 0.1) is 13.2 Å². The summed E-state index contributed by atoms with van der Waals surface area (Å²) in [7, 11) is 0. The Labute approximate surface area is 102 Å². The van der Waals surface area contributed by atoms with Crippen molar-refractivity contribution in [1.82, 2.24) is 5.32 Å². The van der Waals surface area contributed by atoms with E-state index in [0.717, 1.165) is 0 Å². The van der Waals surface area contributed by atoms with Crippen molar-refractivity contribution in [2.75, 3.05) is 26.3 Å². The van der Waals surface area contributed by atoms with Crippen LogP contribution in [0.15, 0.2) is 0 Å². The Morgan fingerprint density at radius 1 is 1.41 bits per heavy atom. The molecule has 1 saturated heterocycles. The van der Waals surface area contributed by atoms with E-state index >= 15 is 0 Å². The van der Waals surface area contributed by atoms with Crippen LogP contribution in [0.1, 0.15) is 27.2 Å². The molecule has 0 saturated carbocycles. The Hall–Kier alpha value is -0.850. The molecule has 1 amide bonds. The molecule has 0 aromatic heterocycles. The van der Waals surface area contributed by atoms with Gasteiger partial charge >= 0.3 is 6.09 Å². The lowest BCUT2D eigenvalue weighted by Crippen LogP contribution is -2.43. The van der Waals surface area contributed by atoms with E-state index in [9.17, 15) is 4.79 Å². The quantitative estimate of drug-likeness (QED) is 0.759. The predicted octanol–water partition coefficient (Wildman–Crippen LogP) is 0.603. The van der Waals surface area contributed by atoms with E-state index in [1.165, 1.54) is 0 Å². The number of rotatable bonds is 4. The highest BCUT2D eigenvalue weighted by Gasteiger charge is 2.34. The van der Waals surface area contributed by atoms with E-state index in [1.54, 1.807) is 0 Å². The molecule has 0 spiro atoms. The van der Waals surface area contributed by atoms with E-state index in [0.29, 0.717) is 26.2 Å². The lowest BCUT2D eigenvalue weighted by Gasteiger charge is -2.26. The van der Waals surface area contributed by atoms with Crippen LogP contribution in [-0.4, -0.2) is 43.8 Å². The number of amides is 1. The fraction of sp³-hybridized carbons (Fsp3) is 0.909. The highest BCUT2D eigenvalue weighted by atomic mass is 16.7. The summed E-state index contributed by atoms with van der Waals surface area (Å²) in [6.45, 7) is 7.23. The third-order valence-electron chi connectivity index (χ3n) is 2.30. The highest BCUT2D eigenvalue weighted by molar-refractivity contribution is 5.67. The Balaban J connectivity index is 2.25. The Kier molecular flexibility index (Phi) is 4.73. The van der Waals surface area contributed by atoms with Crippen molar-refractivity contribution < 1.29 is 19.0 Å². The van der Waals surface area contributed by atoms with E-state index in [1.807, 2.05) is 20.8 Å². The molecule has 0 aromatic rings. The van der Waals surface area contributed by atoms with Crippen molar-refractivity contribution in [3.05, 3.63) is 0 Å². The van der Waals surface area contributed by atoms with Crippen LogP contribution in [0.5, 0.6) is 0 Å². The average molecular weight is 246 g/mol. The standard InChI is InChI=1S/C11H22N2O4/c1-10(2,3)17-9(14)13-5-4-11(8-12)15-6-7-16-11/h4-8,12H2,1-3H3,(H,13,14). The van der Waals surface area contributed by atoms with Crippen LogP contribution in [0.2, 0.25) is 0 Å². The van der Waals surface area contributed by atoms with Crippen molar-refractivity contribution in [2.45, 2.75) is 38.6 Å². The normalized spacial score (nSPS) is 19.1. The number of nitrogens with one attached hydrogen (secondary N) is 1. The van der Waals surface area contributed by atoms with Crippen molar-refractivity contribution >= 4 is 6.09 Å². The van der Waals surface area contributed by atoms with Gasteiger partial charge in [0, 0.05) is 19.5 Å². The van der Waals surface area contributed by atoms with Crippen LogP contribution < -0.4 is 11.1 Å². The molecule has 17 heavy (non-hydrogen) atoms. The molecule has 3 N–H and O–H groups in total. The lowest BCUT2D eigenvalue weighted by atomic mass is 10.2. The predicted molar refractivity (Wildman–Crippen MR) is 62.5 cm³/mol. The van der Waals surface area contributed by atoms with Gasteiger partial charge in [0.15, 0.2) is 5.79 Å². The number of alkyl carbamates (subject to hydrolysis) is 1. The molecule has 100 valence electrons. The number of carbonyl (C=O) groups is 1. The SMILES string of the molecule is CC(C)(C)OC(=O)NCCC1(CN)OCCO1. The van der Waals surface area contributed by atoms with Gasteiger partial charge < -0.3 is 25.3 Å². The van der Waals surface area contributed by atoms with Crippen LogP contribution in [0.3, 0.4) is 0 Å². The molecule has 1 aliphatic rings. The molecule has 0 radical (unpaired) electrons. The largest absolute Gasteiger partial charge is 0.444 e. The van der Waals surface area contributed by atoms with Gasteiger partial charge in [-0.2, -0.15) is 0 Å². The first kappa shape index (κ1) is 14.2. The summed E-state index contributed by atoms with van der Waals surface area (Å²) >= 11 is 0. The highest BCUT2D eigenvalue weighted by Crippen LogP contribution is 2.21. The Morgan fingerprint density at radius 2 is 2.00 bits per heavy atom. The molecule has 0 aliphatic carbocycles. The summed E-state index contributed by atoms with van der Waals surface area (Å²) in [5.74, 6) is -0.741. The molecule has 0 unspecified atom stereocenters. The molecule has 0 atom stereocenters.